The van der Waals surface area contributed by atoms with Gasteiger partial charge >= 0.3 is 18.7 Å². The van der Waals surface area contributed by atoms with E-state index in [9.17, 15) is 31.1 Å². The highest BCUT2D eigenvalue weighted by Gasteiger charge is 2.36. The number of carbonyl (C=O) groups is 1. The molecule has 0 saturated heterocycles. The first-order chi connectivity index (χ1) is 13.9. The lowest BCUT2D eigenvalue weighted by Crippen LogP contribution is -2.21. The molecule has 0 radical (unpaired) electrons. The molecule has 0 amide bonds. The fourth-order valence-corrected chi connectivity index (χ4v) is 2.53. The molecule has 3 aromatic rings. The van der Waals surface area contributed by atoms with Crippen molar-refractivity contribution in [2.75, 3.05) is 5.32 Å². The van der Waals surface area contributed by atoms with Gasteiger partial charge in [0.2, 0.25) is 5.76 Å². The fraction of sp³-hybridized carbons (Fsp3) is 0.167. The Bertz CT molecular complexity index is 1070. The van der Waals surface area contributed by atoms with Gasteiger partial charge in [0.15, 0.2) is 11.5 Å². The standard InChI is InChI=1S/C18H11F6NO5/c19-17(20,21)29-12-4-3-11(7-14(12)30-18(22,23)24)25-8-9-1-2-10-6-15(16(26)27)28-13(10)5-9/h1-7,25H,8H2,(H,26,27). The predicted molar refractivity (Wildman–Crippen MR) is 90.3 cm³/mol. The third kappa shape index (κ3) is 5.49. The Morgan fingerprint density at radius 2 is 1.60 bits per heavy atom. The summed E-state index contributed by atoms with van der Waals surface area (Å²) >= 11 is 0. The first-order valence-corrected chi connectivity index (χ1v) is 8.05. The van der Waals surface area contributed by atoms with E-state index in [4.69, 9.17) is 9.52 Å². The quantitative estimate of drug-likeness (QED) is 0.495. The largest absolute Gasteiger partial charge is 0.573 e. The van der Waals surface area contributed by atoms with Gasteiger partial charge < -0.3 is 24.3 Å². The second kappa shape index (κ2) is 7.69. The lowest BCUT2D eigenvalue weighted by Gasteiger charge is -2.17. The van der Waals surface area contributed by atoms with Gasteiger partial charge in [0.1, 0.15) is 5.58 Å². The molecule has 160 valence electrons. The molecule has 3 rings (SSSR count). The number of fused-ring (bicyclic) bond motifs is 1. The zero-order valence-corrected chi connectivity index (χ0v) is 14.6. The van der Waals surface area contributed by atoms with Gasteiger partial charge in [0.25, 0.3) is 0 Å². The van der Waals surface area contributed by atoms with E-state index in [-0.39, 0.29) is 23.6 Å². The van der Waals surface area contributed by atoms with Gasteiger partial charge in [-0.2, -0.15) is 0 Å². The van der Waals surface area contributed by atoms with Crippen molar-refractivity contribution >= 4 is 22.6 Å². The summed E-state index contributed by atoms with van der Waals surface area (Å²) in [5.41, 5.74) is 0.874. The fourth-order valence-electron chi connectivity index (χ4n) is 2.53. The van der Waals surface area contributed by atoms with Crippen LogP contribution >= 0.6 is 0 Å². The van der Waals surface area contributed by atoms with Crippen LogP contribution < -0.4 is 14.8 Å². The number of carboxylic acids is 1. The Morgan fingerprint density at radius 1 is 0.933 bits per heavy atom. The summed E-state index contributed by atoms with van der Waals surface area (Å²) in [7, 11) is 0. The Labute approximate surface area is 163 Å². The Balaban J connectivity index is 1.79. The average Bonchev–Trinajstić information content (AvgIpc) is 3.03. The van der Waals surface area contributed by atoms with E-state index < -0.39 is 30.2 Å². The predicted octanol–water partition coefficient (Wildman–Crippen LogP) is 5.54. The molecule has 30 heavy (non-hydrogen) atoms. The van der Waals surface area contributed by atoms with E-state index in [1.165, 1.54) is 12.1 Å². The minimum Gasteiger partial charge on any atom is -0.475 e. The van der Waals surface area contributed by atoms with Crippen LogP contribution in [0.1, 0.15) is 16.1 Å². The average molecular weight is 435 g/mol. The smallest absolute Gasteiger partial charge is 0.475 e. The third-order valence-electron chi connectivity index (χ3n) is 3.69. The van der Waals surface area contributed by atoms with Crippen molar-refractivity contribution in [1.29, 1.82) is 0 Å². The van der Waals surface area contributed by atoms with E-state index in [0.717, 1.165) is 6.07 Å². The lowest BCUT2D eigenvalue weighted by molar-refractivity contribution is -0.287. The van der Waals surface area contributed by atoms with Crippen LogP contribution in [0.15, 0.2) is 46.9 Å². The first kappa shape index (κ1) is 21.1. The summed E-state index contributed by atoms with van der Waals surface area (Å²) in [6.07, 6.45) is -10.4. The molecule has 0 aliphatic rings. The van der Waals surface area contributed by atoms with Gasteiger partial charge in [-0.15, -0.1) is 26.3 Å². The highest BCUT2D eigenvalue weighted by molar-refractivity contribution is 5.91. The maximum absolute atomic E-state index is 12.5. The number of carboxylic acid groups (broad SMARTS) is 1. The molecule has 0 aliphatic carbocycles. The third-order valence-corrected chi connectivity index (χ3v) is 3.69. The number of rotatable bonds is 6. The van der Waals surface area contributed by atoms with Crippen LogP contribution in [0.2, 0.25) is 0 Å². The number of ether oxygens (including phenoxy) is 2. The number of aromatic carboxylic acids is 1. The molecule has 0 fully saturated rings. The van der Waals surface area contributed by atoms with Gasteiger partial charge in [-0.25, -0.2) is 4.79 Å². The number of alkyl halides is 6. The van der Waals surface area contributed by atoms with Crippen LogP contribution in [0.25, 0.3) is 11.0 Å². The van der Waals surface area contributed by atoms with E-state index in [1.807, 2.05) is 0 Å². The highest BCUT2D eigenvalue weighted by Crippen LogP contribution is 2.37. The Kier molecular flexibility index (Phi) is 5.42. The molecule has 0 bridgehead atoms. The van der Waals surface area contributed by atoms with Crippen LogP contribution in [-0.2, 0) is 6.54 Å². The minimum atomic E-state index is -5.23. The monoisotopic (exact) mass is 435 g/mol. The van der Waals surface area contributed by atoms with E-state index in [1.54, 1.807) is 12.1 Å². The zero-order chi connectivity index (χ0) is 22.1. The SMILES string of the molecule is O=C(O)c1cc2ccc(CNc3ccc(OC(F)(F)F)c(OC(F)(F)F)c3)cc2o1. The van der Waals surface area contributed by atoms with Crippen LogP contribution in [0.3, 0.4) is 0 Å². The van der Waals surface area contributed by atoms with Gasteiger partial charge in [0, 0.05) is 23.7 Å². The van der Waals surface area contributed by atoms with Gasteiger partial charge in [-0.05, 0) is 29.8 Å². The number of hydrogen-bond donors (Lipinski definition) is 2. The first-order valence-electron chi connectivity index (χ1n) is 8.05. The second-order valence-corrected chi connectivity index (χ2v) is 5.90. The molecule has 1 heterocycles. The molecule has 0 saturated carbocycles. The van der Waals surface area contributed by atoms with Crippen molar-refractivity contribution in [2.24, 2.45) is 0 Å². The van der Waals surface area contributed by atoms with E-state index >= 15 is 0 Å². The molecule has 1 aromatic heterocycles. The minimum absolute atomic E-state index is 0.0227. The van der Waals surface area contributed by atoms with Crippen LogP contribution in [0.4, 0.5) is 32.0 Å². The molecule has 2 N–H and O–H groups in total. The summed E-state index contributed by atoms with van der Waals surface area (Å²) in [5.74, 6) is -3.82. The summed E-state index contributed by atoms with van der Waals surface area (Å²) in [5, 5.41) is 12.2. The molecular formula is C18H11F6NO5. The van der Waals surface area contributed by atoms with Crippen LogP contribution in [0, 0.1) is 0 Å². The molecule has 6 nitrogen and oxygen atoms in total. The number of hydrogen-bond acceptors (Lipinski definition) is 5. The van der Waals surface area contributed by atoms with Crippen molar-refractivity contribution in [2.45, 2.75) is 19.3 Å². The number of halogens is 6. The maximum Gasteiger partial charge on any atom is 0.573 e. The molecule has 2 aromatic carbocycles. The Morgan fingerprint density at radius 3 is 2.23 bits per heavy atom. The summed E-state index contributed by atoms with van der Waals surface area (Å²) in [4.78, 5) is 10.9. The normalized spacial score (nSPS) is 12.1. The molecule has 12 heteroatoms. The second-order valence-electron chi connectivity index (χ2n) is 5.90. The van der Waals surface area contributed by atoms with Crippen LogP contribution in [-0.4, -0.2) is 23.8 Å². The van der Waals surface area contributed by atoms with E-state index in [0.29, 0.717) is 23.1 Å². The van der Waals surface area contributed by atoms with Crippen molar-refractivity contribution < 1.29 is 50.1 Å². The van der Waals surface area contributed by atoms with Crippen molar-refractivity contribution in [3.8, 4) is 11.5 Å². The van der Waals surface area contributed by atoms with Gasteiger partial charge in [0.05, 0.1) is 0 Å². The lowest BCUT2D eigenvalue weighted by atomic mass is 10.1. The van der Waals surface area contributed by atoms with Gasteiger partial charge in [-0.3, -0.25) is 0 Å². The van der Waals surface area contributed by atoms with Crippen molar-refractivity contribution in [3.05, 3.63) is 53.8 Å². The topological polar surface area (TPSA) is 80.9 Å². The summed E-state index contributed by atoms with van der Waals surface area (Å²) in [6, 6.07) is 8.52. The summed E-state index contributed by atoms with van der Waals surface area (Å²) < 4.78 is 87.0. The maximum atomic E-state index is 12.5. The molecule has 0 aliphatic heterocycles. The number of nitrogens with one attached hydrogen (secondary N) is 1. The van der Waals surface area contributed by atoms with Crippen molar-refractivity contribution in [1.82, 2.24) is 0 Å². The number of furan rings is 1. The number of anilines is 1. The molecule has 0 atom stereocenters. The highest BCUT2D eigenvalue weighted by atomic mass is 19.4. The Hall–Kier alpha value is -3.57. The van der Waals surface area contributed by atoms with Gasteiger partial charge in [-0.1, -0.05) is 12.1 Å². The summed E-state index contributed by atoms with van der Waals surface area (Å²) in [6.45, 7) is 0.0456. The molecular weight excluding hydrogens is 424 g/mol. The van der Waals surface area contributed by atoms with Crippen molar-refractivity contribution in [3.63, 3.8) is 0 Å². The molecule has 0 unspecified atom stereocenters. The molecule has 0 spiro atoms. The zero-order valence-electron chi connectivity index (χ0n) is 14.6. The van der Waals surface area contributed by atoms with E-state index in [2.05, 4.69) is 14.8 Å². The number of benzene rings is 2. The van der Waals surface area contributed by atoms with Crippen LogP contribution in [0.5, 0.6) is 11.5 Å².